The zero-order chi connectivity index (χ0) is 31.9. The van der Waals surface area contributed by atoms with Gasteiger partial charge in [-0.2, -0.15) is 0 Å². The molecule has 0 aromatic carbocycles. The van der Waals surface area contributed by atoms with Gasteiger partial charge in [-0.1, -0.05) is 192 Å². The van der Waals surface area contributed by atoms with Crippen molar-refractivity contribution >= 4 is 0 Å². The molecule has 0 aliphatic heterocycles. The van der Waals surface area contributed by atoms with Crippen molar-refractivity contribution in [1.29, 1.82) is 0 Å². The standard InChI is InChI=1S/C41H74O3/c1-3-5-7-9-11-13-15-17-19-21-22-24-26-28-30-32-34-36-38-44-41(39-42)40-43-37-35-33-31-29-27-25-23-20-18-16-14-12-10-8-6-4-2/h24,26,28,30,32,34-38,41-42H,3-23,25,27,29,31,33,39-40H2,1-2H3/b26-24-,30-28-,34-32+,37-35-,38-36?/t41-/m0/s1. The average Bonchev–Trinajstić information content (AvgIpc) is 3.04. The summed E-state index contributed by atoms with van der Waals surface area (Å²) >= 11 is 0. The van der Waals surface area contributed by atoms with Gasteiger partial charge < -0.3 is 14.6 Å². The first-order valence-electron chi connectivity index (χ1n) is 19.0. The molecule has 0 aromatic heterocycles. The molecule has 3 nitrogen and oxygen atoms in total. The van der Waals surface area contributed by atoms with Crippen LogP contribution >= 0.6 is 0 Å². The number of unbranched alkanes of at least 4 members (excludes halogenated alkanes) is 24. The number of rotatable bonds is 35. The third-order valence-corrected chi connectivity index (χ3v) is 8.17. The molecule has 0 fully saturated rings. The summed E-state index contributed by atoms with van der Waals surface area (Å²) in [6.45, 7) is 4.85. The van der Waals surface area contributed by atoms with Gasteiger partial charge in [-0.15, -0.1) is 0 Å². The van der Waals surface area contributed by atoms with E-state index in [0.717, 1.165) is 12.8 Å². The Morgan fingerprint density at radius 1 is 0.432 bits per heavy atom. The molecule has 1 N–H and O–H groups in total. The van der Waals surface area contributed by atoms with Crippen LogP contribution in [0.4, 0.5) is 0 Å². The summed E-state index contributed by atoms with van der Waals surface area (Å²) in [5, 5.41) is 9.52. The Bertz CT molecular complexity index is 675. The molecule has 0 unspecified atom stereocenters. The Morgan fingerprint density at radius 3 is 1.27 bits per heavy atom. The van der Waals surface area contributed by atoms with Crippen molar-refractivity contribution < 1.29 is 14.6 Å². The minimum absolute atomic E-state index is 0.0649. The molecular formula is C41H74O3. The maximum absolute atomic E-state index is 9.52. The molecule has 0 amide bonds. The summed E-state index contributed by atoms with van der Waals surface area (Å²) in [5.74, 6) is 0. The largest absolute Gasteiger partial charge is 0.498 e. The fraction of sp³-hybridized carbons (Fsp3) is 0.756. The second-order valence-electron chi connectivity index (χ2n) is 12.5. The molecule has 0 rings (SSSR count). The molecule has 0 radical (unpaired) electrons. The lowest BCUT2D eigenvalue weighted by molar-refractivity contribution is 0.0263. The fourth-order valence-corrected chi connectivity index (χ4v) is 5.27. The van der Waals surface area contributed by atoms with Crippen LogP contribution in [-0.4, -0.2) is 24.4 Å². The van der Waals surface area contributed by atoms with Gasteiger partial charge >= 0.3 is 0 Å². The second-order valence-corrected chi connectivity index (χ2v) is 12.5. The van der Waals surface area contributed by atoms with Crippen molar-refractivity contribution in [3.63, 3.8) is 0 Å². The van der Waals surface area contributed by atoms with Crippen molar-refractivity contribution in [2.75, 3.05) is 13.2 Å². The Hall–Kier alpha value is -1.74. The lowest BCUT2D eigenvalue weighted by Gasteiger charge is -2.12. The van der Waals surface area contributed by atoms with Crippen LogP contribution in [-0.2, 0) is 9.47 Å². The van der Waals surface area contributed by atoms with E-state index in [0.29, 0.717) is 6.61 Å². The van der Waals surface area contributed by atoms with Crippen LogP contribution in [0.2, 0.25) is 0 Å². The van der Waals surface area contributed by atoms with Gasteiger partial charge in [0.15, 0.2) is 6.10 Å². The Morgan fingerprint density at radius 2 is 0.818 bits per heavy atom. The van der Waals surface area contributed by atoms with E-state index in [1.54, 1.807) is 12.5 Å². The molecule has 44 heavy (non-hydrogen) atoms. The maximum Gasteiger partial charge on any atom is 0.154 e. The van der Waals surface area contributed by atoms with Gasteiger partial charge in [0.05, 0.1) is 19.1 Å². The molecule has 0 aliphatic rings. The van der Waals surface area contributed by atoms with Crippen molar-refractivity contribution in [1.82, 2.24) is 0 Å². The van der Waals surface area contributed by atoms with Gasteiger partial charge in [-0.3, -0.25) is 0 Å². The third kappa shape index (κ3) is 36.5. The highest BCUT2D eigenvalue weighted by atomic mass is 16.5. The molecule has 3 heteroatoms. The predicted molar refractivity (Wildman–Crippen MR) is 195 cm³/mol. The summed E-state index contributed by atoms with van der Waals surface area (Å²) < 4.78 is 11.1. The quantitative estimate of drug-likeness (QED) is 0.0438. The zero-order valence-corrected chi connectivity index (χ0v) is 29.4. The van der Waals surface area contributed by atoms with Gasteiger partial charge in [-0.05, 0) is 37.8 Å². The summed E-state index contributed by atoms with van der Waals surface area (Å²) in [6.07, 6.45) is 54.8. The Balaban J connectivity index is 3.55. The van der Waals surface area contributed by atoms with Crippen LogP contribution in [0, 0.1) is 0 Å². The van der Waals surface area contributed by atoms with E-state index < -0.39 is 0 Å². The van der Waals surface area contributed by atoms with E-state index in [2.05, 4.69) is 38.2 Å². The molecule has 256 valence electrons. The smallest absolute Gasteiger partial charge is 0.154 e. The highest BCUT2D eigenvalue weighted by Gasteiger charge is 2.05. The van der Waals surface area contributed by atoms with E-state index in [1.807, 2.05) is 24.3 Å². The van der Waals surface area contributed by atoms with Crippen LogP contribution in [0.5, 0.6) is 0 Å². The number of hydrogen-bond donors (Lipinski definition) is 1. The SMILES string of the molecule is CCCCCCCCCCCC\C=C/C=C\C=C\C=CO[C@@H](CO)CO/C=C\CCCCCCCCCCCCCCCC. The normalized spacial score (nSPS) is 13.1. The van der Waals surface area contributed by atoms with Crippen molar-refractivity contribution in [3.8, 4) is 0 Å². The first-order chi connectivity index (χ1) is 21.8. The van der Waals surface area contributed by atoms with E-state index in [1.165, 1.54) is 154 Å². The molecule has 0 saturated carbocycles. The van der Waals surface area contributed by atoms with Gasteiger partial charge in [0.25, 0.3) is 0 Å². The summed E-state index contributed by atoms with van der Waals surface area (Å²) in [4.78, 5) is 0. The number of aliphatic hydroxyl groups excluding tert-OH is 1. The minimum atomic E-state index is -0.352. The van der Waals surface area contributed by atoms with Crippen molar-refractivity contribution in [3.05, 3.63) is 61.1 Å². The average molecular weight is 615 g/mol. The highest BCUT2D eigenvalue weighted by molar-refractivity contribution is 5.14. The van der Waals surface area contributed by atoms with Gasteiger partial charge in [0, 0.05) is 0 Å². The van der Waals surface area contributed by atoms with Crippen LogP contribution < -0.4 is 0 Å². The molecule has 0 aromatic rings. The number of hydrogen-bond acceptors (Lipinski definition) is 3. The third-order valence-electron chi connectivity index (χ3n) is 8.17. The topological polar surface area (TPSA) is 38.7 Å². The molecule has 0 saturated heterocycles. The van der Waals surface area contributed by atoms with Crippen LogP contribution in [0.15, 0.2) is 61.1 Å². The van der Waals surface area contributed by atoms with E-state index >= 15 is 0 Å². The summed E-state index contributed by atoms with van der Waals surface area (Å²) in [6, 6.07) is 0. The van der Waals surface area contributed by atoms with Crippen LogP contribution in [0.3, 0.4) is 0 Å². The minimum Gasteiger partial charge on any atom is -0.498 e. The number of allylic oxidation sites excluding steroid dienone is 8. The number of ether oxygens (including phenoxy) is 2. The Labute approximate surface area is 275 Å². The molecule has 0 spiro atoms. The molecule has 0 aliphatic carbocycles. The fourth-order valence-electron chi connectivity index (χ4n) is 5.27. The highest BCUT2D eigenvalue weighted by Crippen LogP contribution is 2.14. The number of aliphatic hydroxyl groups is 1. The lowest BCUT2D eigenvalue weighted by atomic mass is 10.0. The lowest BCUT2D eigenvalue weighted by Crippen LogP contribution is -2.20. The van der Waals surface area contributed by atoms with Gasteiger partial charge in [-0.25, -0.2) is 0 Å². The van der Waals surface area contributed by atoms with Crippen LogP contribution in [0.1, 0.15) is 181 Å². The molecule has 0 heterocycles. The summed E-state index contributed by atoms with van der Waals surface area (Å²) in [7, 11) is 0. The second kappa shape index (κ2) is 39.3. The monoisotopic (exact) mass is 615 g/mol. The predicted octanol–water partition coefficient (Wildman–Crippen LogP) is 13.3. The first kappa shape index (κ1) is 42.3. The van der Waals surface area contributed by atoms with Gasteiger partial charge in [0.1, 0.15) is 6.61 Å². The summed E-state index contributed by atoms with van der Waals surface area (Å²) in [5.41, 5.74) is 0. The molecule has 0 bridgehead atoms. The van der Waals surface area contributed by atoms with Crippen molar-refractivity contribution in [2.24, 2.45) is 0 Å². The Kier molecular flexibility index (Phi) is 37.7. The van der Waals surface area contributed by atoms with E-state index in [-0.39, 0.29) is 12.7 Å². The first-order valence-corrected chi connectivity index (χ1v) is 19.0. The molecule has 1 atom stereocenters. The zero-order valence-electron chi connectivity index (χ0n) is 29.4. The molecular weight excluding hydrogens is 540 g/mol. The van der Waals surface area contributed by atoms with Crippen LogP contribution in [0.25, 0.3) is 0 Å². The maximum atomic E-state index is 9.52. The van der Waals surface area contributed by atoms with Gasteiger partial charge in [0.2, 0.25) is 0 Å². The van der Waals surface area contributed by atoms with E-state index in [9.17, 15) is 5.11 Å². The van der Waals surface area contributed by atoms with E-state index in [4.69, 9.17) is 9.47 Å². The van der Waals surface area contributed by atoms with Crippen molar-refractivity contribution in [2.45, 2.75) is 187 Å².